The Morgan fingerprint density at radius 3 is 2.87 bits per heavy atom. The molecule has 1 aromatic heterocycles. The normalized spacial score (nSPS) is 10.8. The number of rotatable bonds is 2. The molecule has 0 radical (unpaired) electrons. The molecule has 0 aliphatic heterocycles. The molecule has 2 aromatic rings. The van der Waals surface area contributed by atoms with Crippen LogP contribution in [0.15, 0.2) is 27.1 Å². The number of carboxylic acid groups (broad SMARTS) is 1. The maximum Gasteiger partial charge on any atom is 0.311 e. The highest BCUT2D eigenvalue weighted by Crippen LogP contribution is 2.26. The lowest BCUT2D eigenvalue weighted by atomic mass is 10.2. The van der Waals surface area contributed by atoms with Gasteiger partial charge in [-0.15, -0.1) is 0 Å². The third-order valence-corrected chi connectivity index (χ3v) is 2.54. The number of hydrogen-bond acceptors (Lipinski definition) is 2. The van der Waals surface area contributed by atoms with Gasteiger partial charge in [0, 0.05) is 11.5 Å². The van der Waals surface area contributed by atoms with Crippen molar-refractivity contribution in [2.24, 2.45) is 0 Å². The van der Waals surface area contributed by atoms with E-state index in [0.29, 0.717) is 21.2 Å². The summed E-state index contributed by atoms with van der Waals surface area (Å²) in [7, 11) is 0. The molecule has 0 spiro atoms. The Morgan fingerprint density at radius 2 is 2.20 bits per heavy atom. The smallest absolute Gasteiger partial charge is 0.311 e. The van der Waals surface area contributed by atoms with Gasteiger partial charge in [0.1, 0.15) is 23.6 Å². The molecule has 0 amide bonds. The van der Waals surface area contributed by atoms with Crippen LogP contribution in [0.1, 0.15) is 5.76 Å². The fraction of sp³-hybridized carbons (Fsp3) is 0.100. The highest BCUT2D eigenvalue weighted by atomic mass is 79.9. The Hall–Kier alpha value is -1.36. The molecule has 3 nitrogen and oxygen atoms in total. The SMILES string of the molecule is O=C(O)Cc1cc2cc(Br)c(F)cc2o1. The van der Waals surface area contributed by atoms with E-state index in [0.717, 1.165) is 0 Å². The van der Waals surface area contributed by atoms with Crippen molar-refractivity contribution in [3.8, 4) is 0 Å². The molecule has 1 heterocycles. The lowest BCUT2D eigenvalue weighted by molar-refractivity contribution is -0.136. The van der Waals surface area contributed by atoms with Crippen LogP contribution in [0.3, 0.4) is 0 Å². The Balaban J connectivity index is 2.51. The third-order valence-electron chi connectivity index (χ3n) is 1.94. The molecular formula is C10H6BrFO3. The average Bonchev–Trinajstić information content (AvgIpc) is 2.46. The van der Waals surface area contributed by atoms with Gasteiger partial charge in [-0.1, -0.05) is 0 Å². The summed E-state index contributed by atoms with van der Waals surface area (Å²) in [4.78, 5) is 10.4. The van der Waals surface area contributed by atoms with E-state index in [1.165, 1.54) is 6.07 Å². The van der Waals surface area contributed by atoms with Crippen LogP contribution >= 0.6 is 15.9 Å². The second-order valence-corrected chi connectivity index (χ2v) is 3.94. The Morgan fingerprint density at radius 1 is 1.47 bits per heavy atom. The van der Waals surface area contributed by atoms with Crippen LogP contribution in [0.4, 0.5) is 4.39 Å². The van der Waals surface area contributed by atoms with Gasteiger partial charge in [-0.25, -0.2) is 4.39 Å². The van der Waals surface area contributed by atoms with Crippen LogP contribution < -0.4 is 0 Å². The van der Waals surface area contributed by atoms with Crippen molar-refractivity contribution in [2.75, 3.05) is 0 Å². The molecule has 5 heteroatoms. The van der Waals surface area contributed by atoms with E-state index in [1.807, 2.05) is 0 Å². The number of fused-ring (bicyclic) bond motifs is 1. The van der Waals surface area contributed by atoms with E-state index >= 15 is 0 Å². The Bertz CT molecular complexity index is 494. The van der Waals surface area contributed by atoms with Crippen LogP contribution in [0, 0.1) is 5.82 Å². The average molecular weight is 273 g/mol. The van der Waals surface area contributed by atoms with Gasteiger partial charge in [0.2, 0.25) is 0 Å². The second-order valence-electron chi connectivity index (χ2n) is 3.09. The van der Waals surface area contributed by atoms with Crippen LogP contribution in [-0.2, 0) is 11.2 Å². The molecule has 0 fully saturated rings. The highest BCUT2D eigenvalue weighted by molar-refractivity contribution is 9.10. The molecule has 1 aromatic carbocycles. The second kappa shape index (κ2) is 3.66. The van der Waals surface area contributed by atoms with Crippen LogP contribution in [0.25, 0.3) is 11.0 Å². The van der Waals surface area contributed by atoms with Gasteiger partial charge in [0.05, 0.1) is 4.47 Å². The van der Waals surface area contributed by atoms with Crippen molar-refractivity contribution in [3.63, 3.8) is 0 Å². The maximum absolute atomic E-state index is 13.1. The van der Waals surface area contributed by atoms with Crippen molar-refractivity contribution in [2.45, 2.75) is 6.42 Å². The predicted molar refractivity (Wildman–Crippen MR) is 55.2 cm³/mol. The van der Waals surface area contributed by atoms with E-state index in [4.69, 9.17) is 9.52 Å². The zero-order valence-corrected chi connectivity index (χ0v) is 9.04. The summed E-state index contributed by atoms with van der Waals surface area (Å²) in [5.74, 6) is -1.10. The predicted octanol–water partition coefficient (Wildman–Crippen LogP) is 2.96. The van der Waals surface area contributed by atoms with Crippen molar-refractivity contribution in [1.82, 2.24) is 0 Å². The van der Waals surface area contributed by atoms with E-state index in [2.05, 4.69) is 15.9 Å². The topological polar surface area (TPSA) is 50.4 Å². The number of hydrogen-bond donors (Lipinski definition) is 1. The summed E-state index contributed by atoms with van der Waals surface area (Å²) in [6.45, 7) is 0. The minimum absolute atomic E-state index is 0.200. The number of furan rings is 1. The zero-order valence-electron chi connectivity index (χ0n) is 7.46. The summed E-state index contributed by atoms with van der Waals surface area (Å²) in [6.07, 6.45) is -0.200. The van der Waals surface area contributed by atoms with Crippen molar-refractivity contribution < 1.29 is 18.7 Å². The molecule has 1 N–H and O–H groups in total. The number of carbonyl (C=O) groups is 1. The molecule has 0 unspecified atom stereocenters. The molecule has 15 heavy (non-hydrogen) atoms. The Labute approximate surface area is 92.6 Å². The largest absolute Gasteiger partial charge is 0.481 e. The summed E-state index contributed by atoms with van der Waals surface area (Å²) < 4.78 is 18.6. The minimum atomic E-state index is -0.978. The summed E-state index contributed by atoms with van der Waals surface area (Å²) in [5.41, 5.74) is 0.354. The molecule has 0 saturated carbocycles. The highest BCUT2D eigenvalue weighted by Gasteiger charge is 2.10. The molecule has 2 rings (SSSR count). The lowest BCUT2D eigenvalue weighted by Gasteiger charge is -1.92. The van der Waals surface area contributed by atoms with Gasteiger partial charge in [-0.05, 0) is 28.1 Å². The lowest BCUT2D eigenvalue weighted by Crippen LogP contribution is -1.97. The van der Waals surface area contributed by atoms with Gasteiger partial charge < -0.3 is 9.52 Å². The van der Waals surface area contributed by atoms with E-state index in [1.54, 1.807) is 12.1 Å². The van der Waals surface area contributed by atoms with Gasteiger partial charge in [0.15, 0.2) is 0 Å². The summed E-state index contributed by atoms with van der Waals surface area (Å²) >= 11 is 3.04. The van der Waals surface area contributed by atoms with E-state index in [9.17, 15) is 9.18 Å². The molecule has 0 atom stereocenters. The number of benzene rings is 1. The number of aliphatic carboxylic acids is 1. The van der Waals surface area contributed by atoms with Gasteiger partial charge >= 0.3 is 5.97 Å². The summed E-state index contributed by atoms with van der Waals surface area (Å²) in [5, 5.41) is 9.24. The fourth-order valence-corrected chi connectivity index (χ4v) is 1.69. The minimum Gasteiger partial charge on any atom is -0.481 e. The van der Waals surface area contributed by atoms with Crippen LogP contribution in [-0.4, -0.2) is 11.1 Å². The zero-order chi connectivity index (χ0) is 11.0. The first-order chi connectivity index (χ1) is 7.06. The summed E-state index contributed by atoms with van der Waals surface area (Å²) in [6, 6.07) is 4.37. The molecule has 0 aliphatic carbocycles. The van der Waals surface area contributed by atoms with Crippen molar-refractivity contribution in [3.05, 3.63) is 34.2 Å². The van der Waals surface area contributed by atoms with Gasteiger partial charge in [-0.2, -0.15) is 0 Å². The van der Waals surface area contributed by atoms with Gasteiger partial charge in [-0.3, -0.25) is 4.79 Å². The first kappa shape index (κ1) is 10.2. The Kier molecular flexibility index (Phi) is 2.48. The fourth-order valence-electron chi connectivity index (χ4n) is 1.33. The van der Waals surface area contributed by atoms with Crippen molar-refractivity contribution >= 4 is 32.9 Å². The van der Waals surface area contributed by atoms with E-state index < -0.39 is 11.8 Å². The standard InChI is InChI=1S/C10H6BrFO3/c11-7-2-5-1-6(3-10(13)14)15-9(5)4-8(7)12/h1-2,4H,3H2,(H,13,14). The molecule has 78 valence electrons. The molecular weight excluding hydrogens is 267 g/mol. The molecule has 0 aliphatic rings. The monoisotopic (exact) mass is 272 g/mol. The number of halogens is 2. The molecule has 0 bridgehead atoms. The van der Waals surface area contributed by atoms with Crippen LogP contribution in [0.2, 0.25) is 0 Å². The van der Waals surface area contributed by atoms with Crippen molar-refractivity contribution in [1.29, 1.82) is 0 Å². The first-order valence-electron chi connectivity index (χ1n) is 4.15. The quantitative estimate of drug-likeness (QED) is 0.915. The maximum atomic E-state index is 13.1. The van der Waals surface area contributed by atoms with E-state index in [-0.39, 0.29) is 6.42 Å². The van der Waals surface area contributed by atoms with Crippen LogP contribution in [0.5, 0.6) is 0 Å². The first-order valence-corrected chi connectivity index (χ1v) is 4.95. The number of carboxylic acids is 1. The third kappa shape index (κ3) is 2.02. The molecule has 0 saturated heterocycles. The van der Waals surface area contributed by atoms with Gasteiger partial charge in [0.25, 0.3) is 0 Å².